The van der Waals surface area contributed by atoms with Gasteiger partial charge in [0.2, 0.25) is 5.89 Å². The number of hydrogen-bond acceptors (Lipinski definition) is 9. The molecule has 2 aromatic heterocycles. The number of oxazole rings is 1. The molecule has 0 radical (unpaired) electrons. The van der Waals surface area contributed by atoms with Gasteiger partial charge in [0.25, 0.3) is 0 Å². The van der Waals surface area contributed by atoms with Gasteiger partial charge in [0, 0.05) is 16.9 Å². The Morgan fingerprint density at radius 3 is 2.26 bits per heavy atom. The zero-order valence-corrected chi connectivity index (χ0v) is 22.0. The number of aliphatic hydroxyl groups excluding tert-OH is 2. The second-order valence-corrected chi connectivity index (χ2v) is 9.29. The van der Waals surface area contributed by atoms with Crippen LogP contribution < -0.4 is 5.73 Å². The highest BCUT2D eigenvalue weighted by molar-refractivity contribution is 7.98. The molecular weight excluding hydrogens is 524 g/mol. The van der Waals surface area contributed by atoms with E-state index >= 15 is 0 Å². The third kappa shape index (κ3) is 7.18. The monoisotopic (exact) mass is 549 g/mol. The average Bonchev–Trinajstić information content (AvgIpc) is 3.42. The fraction of sp³-hybridized carbons (Fsp3) is 0.214. The highest BCUT2D eigenvalue weighted by Gasteiger charge is 2.21. The van der Waals surface area contributed by atoms with E-state index in [1.54, 1.807) is 0 Å². The number of aromatic nitrogens is 2. The maximum Gasteiger partial charge on any atom is 0.226 e. The molecule has 0 saturated carbocycles. The molecular formula is C28H25F2N5O3S. The summed E-state index contributed by atoms with van der Waals surface area (Å²) in [6.07, 6.45) is 1.52. The fourth-order valence-electron chi connectivity index (χ4n) is 3.32. The van der Waals surface area contributed by atoms with Gasteiger partial charge >= 0.3 is 0 Å². The quantitative estimate of drug-likeness (QED) is 0.259. The highest BCUT2D eigenvalue weighted by atomic mass is 32.2. The van der Waals surface area contributed by atoms with Crippen LogP contribution in [0.1, 0.15) is 35.7 Å². The van der Waals surface area contributed by atoms with Crippen molar-refractivity contribution in [3.63, 3.8) is 0 Å². The van der Waals surface area contributed by atoms with E-state index in [2.05, 4.69) is 22.1 Å². The van der Waals surface area contributed by atoms with Crippen molar-refractivity contribution in [1.82, 2.24) is 9.97 Å². The normalized spacial score (nSPS) is 11.2. The van der Waals surface area contributed by atoms with Crippen LogP contribution in [0.15, 0.2) is 58.2 Å². The smallest absolute Gasteiger partial charge is 0.226 e. The number of pyridine rings is 1. The fourth-order valence-corrected chi connectivity index (χ4v) is 4.19. The standard InChI is InChI=1S/C24H15F2N5OS.C4H10O2/c1-13-2-4-14(5-3-13)21-17(9-27)22(29)31-24(18(21)10-28)33-12-16-11-32-23(30-16)15-6-7-19(25)20(26)8-15;1-2-4(6)3-5/h2-8,11H,12H2,1H3,(H2,29,31);4-6H,2-3H2,1H3. The van der Waals surface area contributed by atoms with Gasteiger partial charge in [-0.05, 0) is 37.1 Å². The number of halogens is 2. The Morgan fingerprint density at radius 1 is 1.03 bits per heavy atom. The molecule has 2 heterocycles. The molecule has 8 nitrogen and oxygen atoms in total. The minimum absolute atomic E-state index is 0.0252. The lowest BCUT2D eigenvalue weighted by Crippen LogP contribution is -2.08. The number of nitrogen functional groups attached to an aromatic ring is 1. The molecule has 0 bridgehead atoms. The first kappa shape index (κ1) is 29.3. The molecule has 1 unspecified atom stereocenters. The minimum Gasteiger partial charge on any atom is -0.444 e. The van der Waals surface area contributed by atoms with Crippen LogP contribution in [0.2, 0.25) is 0 Å². The molecule has 0 aliphatic carbocycles. The predicted molar refractivity (Wildman–Crippen MR) is 143 cm³/mol. The summed E-state index contributed by atoms with van der Waals surface area (Å²) in [6, 6.07) is 15.0. The summed E-state index contributed by atoms with van der Waals surface area (Å²) in [7, 11) is 0. The molecule has 0 aliphatic rings. The molecule has 39 heavy (non-hydrogen) atoms. The molecule has 0 aliphatic heterocycles. The third-order valence-corrected chi connectivity index (χ3v) is 6.52. The number of hydrogen-bond donors (Lipinski definition) is 3. The van der Waals surface area contributed by atoms with Gasteiger partial charge < -0.3 is 20.4 Å². The van der Waals surface area contributed by atoms with Crippen molar-refractivity contribution >= 4 is 17.6 Å². The van der Waals surface area contributed by atoms with Crippen LogP contribution in [-0.4, -0.2) is 32.9 Å². The number of thioether (sulfide) groups is 1. The summed E-state index contributed by atoms with van der Waals surface area (Å²) >= 11 is 1.20. The first-order valence-corrected chi connectivity index (χ1v) is 12.7. The van der Waals surface area contributed by atoms with Crippen LogP contribution >= 0.6 is 11.8 Å². The lowest BCUT2D eigenvalue weighted by molar-refractivity contribution is 0.0923. The maximum atomic E-state index is 13.5. The van der Waals surface area contributed by atoms with Crippen LogP contribution in [0.3, 0.4) is 0 Å². The summed E-state index contributed by atoms with van der Waals surface area (Å²) in [4.78, 5) is 8.56. The average molecular weight is 550 g/mol. The largest absolute Gasteiger partial charge is 0.444 e. The Balaban J connectivity index is 0.000000631. The topological polar surface area (TPSA) is 153 Å². The van der Waals surface area contributed by atoms with E-state index in [4.69, 9.17) is 20.4 Å². The van der Waals surface area contributed by atoms with Crippen molar-refractivity contribution in [1.29, 1.82) is 10.5 Å². The zero-order chi connectivity index (χ0) is 28.5. The third-order valence-electron chi connectivity index (χ3n) is 5.51. The molecule has 200 valence electrons. The Morgan fingerprint density at radius 2 is 1.69 bits per heavy atom. The van der Waals surface area contributed by atoms with E-state index in [0.29, 0.717) is 33.8 Å². The molecule has 4 aromatic rings. The van der Waals surface area contributed by atoms with E-state index in [0.717, 1.165) is 17.7 Å². The van der Waals surface area contributed by atoms with Crippen LogP contribution in [0, 0.1) is 41.2 Å². The zero-order valence-electron chi connectivity index (χ0n) is 21.2. The van der Waals surface area contributed by atoms with E-state index in [1.807, 2.05) is 38.1 Å². The van der Waals surface area contributed by atoms with Crippen molar-refractivity contribution in [2.75, 3.05) is 12.3 Å². The lowest BCUT2D eigenvalue weighted by atomic mass is 9.96. The first-order valence-electron chi connectivity index (χ1n) is 11.7. The Kier molecular flexibility index (Phi) is 10.1. The molecule has 0 saturated heterocycles. The van der Waals surface area contributed by atoms with Gasteiger partial charge in [0.15, 0.2) is 11.6 Å². The molecule has 11 heteroatoms. The van der Waals surface area contributed by atoms with E-state index in [-0.39, 0.29) is 35.2 Å². The second-order valence-electron chi connectivity index (χ2n) is 8.32. The molecule has 4 N–H and O–H groups in total. The van der Waals surface area contributed by atoms with Gasteiger partial charge in [-0.3, -0.25) is 0 Å². The highest BCUT2D eigenvalue weighted by Crippen LogP contribution is 2.36. The van der Waals surface area contributed by atoms with Crippen molar-refractivity contribution in [2.24, 2.45) is 0 Å². The Bertz CT molecular complexity index is 1520. The first-order chi connectivity index (χ1) is 18.7. The summed E-state index contributed by atoms with van der Waals surface area (Å²) in [5.41, 5.74) is 9.37. The molecule has 0 fully saturated rings. The van der Waals surface area contributed by atoms with Crippen molar-refractivity contribution in [3.8, 4) is 34.7 Å². The number of aliphatic hydroxyl groups is 2. The maximum absolute atomic E-state index is 13.5. The van der Waals surface area contributed by atoms with E-state index in [1.165, 1.54) is 24.1 Å². The van der Waals surface area contributed by atoms with Gasteiger partial charge in [-0.25, -0.2) is 18.7 Å². The second kappa shape index (κ2) is 13.5. The molecule has 2 aromatic carbocycles. The van der Waals surface area contributed by atoms with Crippen molar-refractivity contribution in [2.45, 2.75) is 37.2 Å². The lowest BCUT2D eigenvalue weighted by Gasteiger charge is -2.12. The number of rotatable bonds is 7. The van der Waals surface area contributed by atoms with Crippen molar-refractivity contribution in [3.05, 3.63) is 82.7 Å². The predicted octanol–water partition coefficient (Wildman–Crippen LogP) is 5.36. The van der Waals surface area contributed by atoms with Crippen LogP contribution in [0.25, 0.3) is 22.6 Å². The summed E-state index contributed by atoms with van der Waals surface area (Å²) in [5, 5.41) is 36.3. The number of anilines is 1. The Labute approximate surface area is 228 Å². The van der Waals surface area contributed by atoms with Gasteiger partial charge in [-0.2, -0.15) is 10.5 Å². The summed E-state index contributed by atoms with van der Waals surface area (Å²) in [5.74, 6) is -1.52. The minimum atomic E-state index is -0.999. The van der Waals surface area contributed by atoms with Gasteiger partial charge in [-0.15, -0.1) is 0 Å². The summed E-state index contributed by atoms with van der Waals surface area (Å²) in [6.45, 7) is 3.65. The van der Waals surface area contributed by atoms with Crippen LogP contribution in [0.5, 0.6) is 0 Å². The van der Waals surface area contributed by atoms with Gasteiger partial charge in [0.05, 0.1) is 24.0 Å². The number of nitrogens with two attached hydrogens (primary N) is 1. The van der Waals surface area contributed by atoms with Crippen molar-refractivity contribution < 1.29 is 23.4 Å². The molecule has 0 amide bonds. The molecule has 0 spiro atoms. The molecule has 4 rings (SSSR count). The van der Waals surface area contributed by atoms with Gasteiger partial charge in [-0.1, -0.05) is 48.5 Å². The Hall–Kier alpha value is -4.29. The number of nitrogens with zero attached hydrogens (tertiary/aromatic N) is 4. The van der Waals surface area contributed by atoms with Gasteiger partial charge in [0.1, 0.15) is 34.8 Å². The van der Waals surface area contributed by atoms with Crippen LogP contribution in [-0.2, 0) is 5.75 Å². The number of benzene rings is 2. The number of nitriles is 2. The SMILES string of the molecule is CCC(O)CO.Cc1ccc(-c2c(C#N)c(N)nc(SCc3coc(-c4ccc(F)c(F)c4)n3)c2C#N)cc1. The van der Waals surface area contributed by atoms with Crippen LogP contribution in [0.4, 0.5) is 14.6 Å². The van der Waals surface area contributed by atoms with E-state index < -0.39 is 17.7 Å². The number of aryl methyl sites for hydroxylation is 1. The summed E-state index contributed by atoms with van der Waals surface area (Å²) < 4.78 is 32.1. The molecule has 1 atom stereocenters. The van der Waals surface area contributed by atoms with E-state index in [9.17, 15) is 19.3 Å².